The van der Waals surface area contributed by atoms with Crippen molar-refractivity contribution >= 4 is 29.3 Å². The van der Waals surface area contributed by atoms with Crippen molar-refractivity contribution in [2.45, 2.75) is 26.6 Å². The van der Waals surface area contributed by atoms with Crippen LogP contribution in [0.4, 0.5) is 0 Å². The molecule has 0 aliphatic rings. The quantitative estimate of drug-likeness (QED) is 0.701. The second-order valence-electron chi connectivity index (χ2n) is 3.89. The van der Waals surface area contributed by atoms with Crippen LogP contribution in [0.25, 0.3) is 6.08 Å². The SMILES string of the molecule is CCOC(C)(/C=C/c1ccc(Cl)c(Cl)c1)OCC. The highest BCUT2D eigenvalue weighted by Crippen LogP contribution is 2.24. The fourth-order valence-electron chi connectivity index (χ4n) is 1.57. The van der Waals surface area contributed by atoms with E-state index in [1.165, 1.54) is 0 Å². The van der Waals surface area contributed by atoms with E-state index in [0.29, 0.717) is 23.3 Å². The Morgan fingerprint density at radius 2 is 1.72 bits per heavy atom. The normalized spacial score (nSPS) is 12.3. The molecule has 0 spiro atoms. The molecule has 0 aliphatic carbocycles. The smallest absolute Gasteiger partial charge is 0.185 e. The van der Waals surface area contributed by atoms with E-state index in [0.717, 1.165) is 5.56 Å². The Labute approximate surface area is 118 Å². The average molecular weight is 289 g/mol. The second kappa shape index (κ2) is 7.15. The van der Waals surface area contributed by atoms with Gasteiger partial charge in [-0.25, -0.2) is 0 Å². The molecule has 18 heavy (non-hydrogen) atoms. The fourth-order valence-corrected chi connectivity index (χ4v) is 1.88. The van der Waals surface area contributed by atoms with Crippen molar-refractivity contribution in [2.24, 2.45) is 0 Å². The first-order valence-electron chi connectivity index (χ1n) is 5.93. The molecular weight excluding hydrogens is 271 g/mol. The molecule has 0 atom stereocenters. The van der Waals surface area contributed by atoms with E-state index < -0.39 is 5.79 Å². The molecular formula is C14H18Cl2O2. The molecule has 0 fully saturated rings. The molecule has 1 aromatic carbocycles. The Balaban J connectivity index is 2.85. The van der Waals surface area contributed by atoms with E-state index in [-0.39, 0.29) is 0 Å². The lowest BCUT2D eigenvalue weighted by molar-refractivity contribution is -0.185. The van der Waals surface area contributed by atoms with Crippen LogP contribution in [0.1, 0.15) is 26.3 Å². The Bertz CT molecular complexity index is 410. The maximum absolute atomic E-state index is 5.96. The summed E-state index contributed by atoms with van der Waals surface area (Å²) in [6, 6.07) is 5.46. The Morgan fingerprint density at radius 3 is 2.22 bits per heavy atom. The van der Waals surface area contributed by atoms with E-state index in [4.69, 9.17) is 32.7 Å². The summed E-state index contributed by atoms with van der Waals surface area (Å²) >= 11 is 11.8. The van der Waals surface area contributed by atoms with Crippen molar-refractivity contribution in [3.63, 3.8) is 0 Å². The summed E-state index contributed by atoms with van der Waals surface area (Å²) in [7, 11) is 0. The van der Waals surface area contributed by atoms with Crippen LogP contribution in [-0.4, -0.2) is 19.0 Å². The van der Waals surface area contributed by atoms with Gasteiger partial charge in [0.1, 0.15) is 0 Å². The van der Waals surface area contributed by atoms with Crippen molar-refractivity contribution in [1.82, 2.24) is 0 Å². The molecule has 100 valence electrons. The topological polar surface area (TPSA) is 18.5 Å². The van der Waals surface area contributed by atoms with Gasteiger partial charge in [-0.1, -0.05) is 35.3 Å². The zero-order valence-electron chi connectivity index (χ0n) is 10.9. The van der Waals surface area contributed by atoms with Crippen LogP contribution in [-0.2, 0) is 9.47 Å². The van der Waals surface area contributed by atoms with Crippen molar-refractivity contribution in [2.75, 3.05) is 13.2 Å². The van der Waals surface area contributed by atoms with Gasteiger partial charge >= 0.3 is 0 Å². The zero-order chi connectivity index (χ0) is 13.6. The maximum atomic E-state index is 5.96. The standard InChI is InChI=1S/C14H18Cl2O2/c1-4-17-14(3,18-5-2)9-8-11-6-7-12(15)13(16)10-11/h6-10H,4-5H2,1-3H3/b9-8+. The summed E-state index contributed by atoms with van der Waals surface area (Å²) in [6.45, 7) is 6.92. The van der Waals surface area contributed by atoms with Gasteiger partial charge in [0, 0.05) is 13.2 Å². The molecule has 0 N–H and O–H groups in total. The summed E-state index contributed by atoms with van der Waals surface area (Å²) in [5.41, 5.74) is 0.954. The highest BCUT2D eigenvalue weighted by Gasteiger charge is 2.20. The van der Waals surface area contributed by atoms with Gasteiger partial charge in [0.2, 0.25) is 0 Å². The van der Waals surface area contributed by atoms with Gasteiger partial charge in [-0.3, -0.25) is 0 Å². The fraction of sp³-hybridized carbons (Fsp3) is 0.429. The monoisotopic (exact) mass is 288 g/mol. The first-order valence-corrected chi connectivity index (χ1v) is 6.68. The predicted molar refractivity (Wildman–Crippen MR) is 77.2 cm³/mol. The molecule has 0 heterocycles. The molecule has 1 rings (SSSR count). The third-order valence-corrected chi connectivity index (χ3v) is 3.12. The van der Waals surface area contributed by atoms with Gasteiger partial charge in [-0.05, 0) is 44.5 Å². The highest BCUT2D eigenvalue weighted by molar-refractivity contribution is 6.42. The number of hydrogen-bond donors (Lipinski definition) is 0. The van der Waals surface area contributed by atoms with Gasteiger partial charge in [0.15, 0.2) is 5.79 Å². The first-order chi connectivity index (χ1) is 8.50. The van der Waals surface area contributed by atoms with Crippen molar-refractivity contribution in [3.8, 4) is 0 Å². The lowest BCUT2D eigenvalue weighted by atomic mass is 10.1. The molecule has 0 radical (unpaired) electrons. The van der Waals surface area contributed by atoms with Crippen LogP contribution in [0.3, 0.4) is 0 Å². The third-order valence-electron chi connectivity index (χ3n) is 2.38. The van der Waals surface area contributed by atoms with E-state index in [1.54, 1.807) is 12.1 Å². The van der Waals surface area contributed by atoms with Gasteiger partial charge in [-0.15, -0.1) is 0 Å². The van der Waals surface area contributed by atoms with Crippen molar-refractivity contribution in [3.05, 3.63) is 39.9 Å². The van der Waals surface area contributed by atoms with Crippen LogP contribution >= 0.6 is 23.2 Å². The van der Waals surface area contributed by atoms with Crippen LogP contribution in [0.5, 0.6) is 0 Å². The predicted octanol–water partition coefficient (Wildman–Crippen LogP) is 4.80. The summed E-state index contributed by atoms with van der Waals surface area (Å²) < 4.78 is 11.2. The minimum atomic E-state index is -0.713. The third kappa shape index (κ3) is 4.62. The van der Waals surface area contributed by atoms with Gasteiger partial charge in [0.25, 0.3) is 0 Å². The molecule has 1 aromatic rings. The molecule has 0 unspecified atom stereocenters. The summed E-state index contributed by atoms with van der Waals surface area (Å²) in [5, 5.41) is 1.08. The Kier molecular flexibility index (Phi) is 6.16. The lowest BCUT2D eigenvalue weighted by Crippen LogP contribution is -2.29. The minimum absolute atomic E-state index is 0.535. The number of hydrogen-bond acceptors (Lipinski definition) is 2. The van der Waals surface area contributed by atoms with Crippen LogP contribution < -0.4 is 0 Å². The van der Waals surface area contributed by atoms with E-state index >= 15 is 0 Å². The molecule has 0 aromatic heterocycles. The number of halogens is 2. The average Bonchev–Trinajstić information content (AvgIpc) is 2.32. The number of ether oxygens (including phenoxy) is 2. The minimum Gasteiger partial charge on any atom is -0.347 e. The van der Waals surface area contributed by atoms with E-state index in [2.05, 4.69) is 0 Å². The molecule has 0 amide bonds. The molecule has 0 saturated carbocycles. The maximum Gasteiger partial charge on any atom is 0.185 e. The van der Waals surface area contributed by atoms with E-state index in [1.807, 2.05) is 39.0 Å². The van der Waals surface area contributed by atoms with Crippen molar-refractivity contribution in [1.29, 1.82) is 0 Å². The van der Waals surface area contributed by atoms with E-state index in [9.17, 15) is 0 Å². The van der Waals surface area contributed by atoms with Crippen LogP contribution in [0.2, 0.25) is 10.0 Å². The van der Waals surface area contributed by atoms with Crippen LogP contribution in [0, 0.1) is 0 Å². The number of benzene rings is 1. The van der Waals surface area contributed by atoms with Crippen LogP contribution in [0.15, 0.2) is 24.3 Å². The highest BCUT2D eigenvalue weighted by atomic mass is 35.5. The molecule has 0 saturated heterocycles. The summed E-state index contributed by atoms with van der Waals surface area (Å²) in [5.74, 6) is -0.713. The van der Waals surface area contributed by atoms with Gasteiger partial charge < -0.3 is 9.47 Å². The van der Waals surface area contributed by atoms with Crippen molar-refractivity contribution < 1.29 is 9.47 Å². The van der Waals surface area contributed by atoms with Gasteiger partial charge in [-0.2, -0.15) is 0 Å². The number of rotatable bonds is 6. The summed E-state index contributed by atoms with van der Waals surface area (Å²) in [4.78, 5) is 0. The largest absolute Gasteiger partial charge is 0.347 e. The second-order valence-corrected chi connectivity index (χ2v) is 4.70. The Morgan fingerprint density at radius 1 is 1.11 bits per heavy atom. The Hall–Kier alpha value is -0.540. The molecule has 0 aliphatic heterocycles. The molecule has 0 bridgehead atoms. The summed E-state index contributed by atoms with van der Waals surface area (Å²) in [6.07, 6.45) is 3.78. The zero-order valence-corrected chi connectivity index (χ0v) is 12.4. The molecule has 2 nitrogen and oxygen atoms in total. The first kappa shape index (κ1) is 15.5. The van der Waals surface area contributed by atoms with Gasteiger partial charge in [0.05, 0.1) is 10.0 Å². The lowest BCUT2D eigenvalue weighted by Gasteiger charge is -2.25. The molecule has 4 heteroatoms.